The molecule has 0 bridgehead atoms. The zero-order valence-electron chi connectivity index (χ0n) is 10.9. The van der Waals surface area contributed by atoms with E-state index in [1.54, 1.807) is 0 Å². The van der Waals surface area contributed by atoms with Crippen molar-refractivity contribution < 1.29 is 4.52 Å². The quantitative estimate of drug-likeness (QED) is 0.764. The largest absolute Gasteiger partial charge is 0.356 e. The van der Waals surface area contributed by atoms with Gasteiger partial charge in [0.25, 0.3) is 0 Å². The topological polar surface area (TPSA) is 38.1 Å². The van der Waals surface area contributed by atoms with Gasteiger partial charge in [-0.15, -0.1) is 0 Å². The Hall–Kier alpha value is -1.61. The van der Waals surface area contributed by atoms with Crippen LogP contribution in [0.4, 0.5) is 0 Å². The molecule has 0 radical (unpaired) electrons. The molecular formula is C15H18N2O. The molecular weight excluding hydrogens is 224 g/mol. The Morgan fingerprint density at radius 3 is 3.00 bits per heavy atom. The third-order valence-electron chi connectivity index (χ3n) is 3.34. The van der Waals surface area contributed by atoms with E-state index in [9.17, 15) is 0 Å². The Morgan fingerprint density at radius 2 is 2.17 bits per heavy atom. The van der Waals surface area contributed by atoms with Gasteiger partial charge in [0.1, 0.15) is 5.69 Å². The Balaban J connectivity index is 1.79. The Morgan fingerprint density at radius 1 is 1.33 bits per heavy atom. The molecule has 1 aromatic heterocycles. The lowest BCUT2D eigenvalue weighted by atomic mass is 10.1. The van der Waals surface area contributed by atoms with E-state index in [0.717, 1.165) is 31.0 Å². The molecule has 1 aliphatic carbocycles. The summed E-state index contributed by atoms with van der Waals surface area (Å²) in [7, 11) is 0. The average molecular weight is 242 g/mol. The average Bonchev–Trinajstić information content (AvgIpc) is 2.88. The molecule has 3 nitrogen and oxygen atoms in total. The lowest BCUT2D eigenvalue weighted by Gasteiger charge is -2.05. The molecule has 0 unspecified atom stereocenters. The fourth-order valence-corrected chi connectivity index (χ4v) is 2.44. The van der Waals surface area contributed by atoms with E-state index in [4.69, 9.17) is 4.52 Å². The van der Waals surface area contributed by atoms with Crippen molar-refractivity contribution in [3.63, 3.8) is 0 Å². The van der Waals surface area contributed by atoms with Gasteiger partial charge in [0, 0.05) is 24.1 Å². The van der Waals surface area contributed by atoms with Crippen molar-refractivity contribution in [3.8, 4) is 11.3 Å². The summed E-state index contributed by atoms with van der Waals surface area (Å²) in [6.07, 6.45) is 0.952. The zero-order valence-corrected chi connectivity index (χ0v) is 10.9. The van der Waals surface area contributed by atoms with Crippen molar-refractivity contribution in [2.45, 2.75) is 26.8 Å². The first-order valence-corrected chi connectivity index (χ1v) is 6.52. The number of fused-ring (bicyclic) bond motifs is 3. The van der Waals surface area contributed by atoms with Gasteiger partial charge < -0.3 is 9.84 Å². The summed E-state index contributed by atoms with van der Waals surface area (Å²) in [6, 6.07) is 8.40. The second kappa shape index (κ2) is 4.58. The second-order valence-electron chi connectivity index (χ2n) is 5.30. The van der Waals surface area contributed by atoms with E-state index in [2.05, 4.69) is 42.5 Å². The number of hydrogen-bond acceptors (Lipinski definition) is 3. The van der Waals surface area contributed by atoms with Crippen molar-refractivity contribution >= 4 is 0 Å². The summed E-state index contributed by atoms with van der Waals surface area (Å²) in [5.74, 6) is 1.62. The number of aromatic nitrogens is 1. The Labute approximate surface area is 107 Å². The molecule has 1 aromatic carbocycles. The van der Waals surface area contributed by atoms with Crippen LogP contribution in [0.1, 0.15) is 30.7 Å². The highest BCUT2D eigenvalue weighted by molar-refractivity contribution is 5.72. The molecule has 0 spiro atoms. The molecule has 18 heavy (non-hydrogen) atoms. The summed E-state index contributed by atoms with van der Waals surface area (Å²) in [5, 5.41) is 7.62. The van der Waals surface area contributed by atoms with Crippen LogP contribution in [0.2, 0.25) is 0 Å². The molecule has 3 heteroatoms. The fraction of sp³-hybridized carbons (Fsp3) is 0.400. The maximum atomic E-state index is 5.50. The third kappa shape index (κ3) is 1.95. The monoisotopic (exact) mass is 242 g/mol. The maximum Gasteiger partial charge on any atom is 0.170 e. The van der Waals surface area contributed by atoms with Gasteiger partial charge in [-0.3, -0.25) is 0 Å². The van der Waals surface area contributed by atoms with E-state index < -0.39 is 0 Å². The van der Waals surface area contributed by atoms with Gasteiger partial charge in [-0.25, -0.2) is 0 Å². The first-order chi connectivity index (χ1) is 8.75. The summed E-state index contributed by atoms with van der Waals surface area (Å²) in [6.45, 7) is 6.21. The molecule has 3 rings (SSSR count). The van der Waals surface area contributed by atoms with Gasteiger partial charge in [0.2, 0.25) is 0 Å². The Kier molecular flexibility index (Phi) is 2.92. The zero-order chi connectivity index (χ0) is 12.5. The molecule has 0 amide bonds. The van der Waals surface area contributed by atoms with Crippen molar-refractivity contribution in [1.82, 2.24) is 10.5 Å². The van der Waals surface area contributed by atoms with E-state index >= 15 is 0 Å². The van der Waals surface area contributed by atoms with E-state index in [-0.39, 0.29) is 0 Å². The van der Waals surface area contributed by atoms with Crippen LogP contribution in [0.25, 0.3) is 11.3 Å². The summed E-state index contributed by atoms with van der Waals surface area (Å²) >= 11 is 0. The van der Waals surface area contributed by atoms with Gasteiger partial charge in [-0.2, -0.15) is 0 Å². The molecule has 0 saturated heterocycles. The number of hydrogen-bond donors (Lipinski definition) is 1. The van der Waals surface area contributed by atoms with Crippen LogP contribution in [0.15, 0.2) is 28.8 Å². The van der Waals surface area contributed by atoms with Crippen LogP contribution < -0.4 is 5.32 Å². The van der Waals surface area contributed by atoms with Gasteiger partial charge >= 0.3 is 0 Å². The number of nitrogens with one attached hydrogen (secondary N) is 1. The van der Waals surface area contributed by atoms with Gasteiger partial charge in [-0.1, -0.05) is 43.3 Å². The highest BCUT2D eigenvalue weighted by Gasteiger charge is 2.25. The predicted molar refractivity (Wildman–Crippen MR) is 71.3 cm³/mol. The van der Waals surface area contributed by atoms with Crippen LogP contribution in [0.3, 0.4) is 0 Å². The molecule has 1 N–H and O–H groups in total. The van der Waals surface area contributed by atoms with Crippen molar-refractivity contribution in [2.24, 2.45) is 5.92 Å². The minimum Gasteiger partial charge on any atom is -0.356 e. The minimum atomic E-state index is 0.655. The third-order valence-corrected chi connectivity index (χ3v) is 3.34. The Bertz CT molecular complexity index is 557. The molecule has 1 aliphatic rings. The van der Waals surface area contributed by atoms with Crippen molar-refractivity contribution in [3.05, 3.63) is 41.1 Å². The first kappa shape index (κ1) is 11.5. The molecule has 0 aliphatic heterocycles. The number of rotatable bonds is 4. The van der Waals surface area contributed by atoms with Crippen LogP contribution in [-0.4, -0.2) is 11.7 Å². The number of nitrogens with zero attached hydrogens (tertiary/aromatic N) is 1. The van der Waals surface area contributed by atoms with Crippen LogP contribution in [0, 0.1) is 5.92 Å². The highest BCUT2D eigenvalue weighted by Crippen LogP contribution is 2.37. The lowest BCUT2D eigenvalue weighted by Crippen LogP contribution is -2.19. The summed E-state index contributed by atoms with van der Waals surface area (Å²) in [5.41, 5.74) is 4.86. The van der Waals surface area contributed by atoms with E-state index in [1.807, 2.05) is 6.07 Å². The fourth-order valence-electron chi connectivity index (χ4n) is 2.44. The molecule has 2 aromatic rings. The molecule has 94 valence electrons. The minimum absolute atomic E-state index is 0.655. The van der Waals surface area contributed by atoms with Crippen LogP contribution >= 0.6 is 0 Å². The summed E-state index contributed by atoms with van der Waals surface area (Å²) in [4.78, 5) is 0. The second-order valence-corrected chi connectivity index (χ2v) is 5.30. The standard InChI is InChI=1S/C15H18N2O/c1-10(2)8-16-9-14-13-7-11-5-3-4-6-12(11)15(13)18-17-14/h3-6,10,16H,7-9H2,1-2H3. The van der Waals surface area contributed by atoms with Gasteiger partial charge in [0.05, 0.1) is 0 Å². The lowest BCUT2D eigenvalue weighted by molar-refractivity contribution is 0.418. The number of benzene rings is 1. The van der Waals surface area contributed by atoms with Crippen molar-refractivity contribution in [1.29, 1.82) is 0 Å². The van der Waals surface area contributed by atoms with Crippen LogP contribution in [-0.2, 0) is 13.0 Å². The van der Waals surface area contributed by atoms with Gasteiger partial charge in [-0.05, 0) is 18.0 Å². The highest BCUT2D eigenvalue weighted by atomic mass is 16.5. The first-order valence-electron chi connectivity index (χ1n) is 6.52. The van der Waals surface area contributed by atoms with Crippen molar-refractivity contribution in [2.75, 3.05) is 6.54 Å². The maximum absolute atomic E-state index is 5.50. The SMILES string of the molecule is CC(C)CNCc1noc2c1Cc1ccccc1-2. The van der Waals surface area contributed by atoms with Crippen LogP contribution in [0.5, 0.6) is 0 Å². The molecule has 0 saturated carbocycles. The predicted octanol–water partition coefficient (Wildman–Crippen LogP) is 2.99. The smallest absolute Gasteiger partial charge is 0.170 e. The van der Waals surface area contributed by atoms with E-state index in [1.165, 1.54) is 16.7 Å². The molecule has 0 atom stereocenters. The van der Waals surface area contributed by atoms with Gasteiger partial charge in [0.15, 0.2) is 5.76 Å². The van der Waals surface area contributed by atoms with E-state index in [0.29, 0.717) is 5.92 Å². The molecule has 0 fully saturated rings. The summed E-state index contributed by atoms with van der Waals surface area (Å²) < 4.78 is 5.50. The molecule has 1 heterocycles. The normalized spacial score (nSPS) is 12.8.